The van der Waals surface area contributed by atoms with Gasteiger partial charge in [-0.3, -0.25) is 9.00 Å². The fraction of sp³-hybridized carbons (Fsp3) is 0.143. The molecule has 1 atom stereocenters. The van der Waals surface area contributed by atoms with Crippen LogP contribution in [-0.4, -0.2) is 22.4 Å². The van der Waals surface area contributed by atoms with Gasteiger partial charge in [-0.1, -0.05) is 30.3 Å². The summed E-state index contributed by atoms with van der Waals surface area (Å²) in [5, 5.41) is 0. The van der Waals surface area contributed by atoms with E-state index in [1.165, 1.54) is 12.3 Å². The second kappa shape index (κ2) is 6.82. The first-order valence-corrected chi connectivity index (χ1v) is 8.37. The van der Waals surface area contributed by atoms with E-state index in [0.717, 1.165) is 0 Å². The SMILES string of the molecule is CS(=O)COC(=O)c1oc(-c2ccccc2)cc(=O)c1Br. The summed E-state index contributed by atoms with van der Waals surface area (Å²) >= 11 is 3.01. The molecule has 0 spiro atoms. The zero-order valence-electron chi connectivity index (χ0n) is 11.0. The summed E-state index contributed by atoms with van der Waals surface area (Å²) in [5.74, 6) is -1.09. The van der Waals surface area contributed by atoms with Crippen LogP contribution in [0.1, 0.15) is 10.6 Å². The first kappa shape index (κ1) is 15.7. The van der Waals surface area contributed by atoms with Gasteiger partial charge in [0.15, 0.2) is 5.94 Å². The number of rotatable bonds is 4. The molecule has 0 aliphatic carbocycles. The smallest absolute Gasteiger partial charge is 0.376 e. The number of carbonyl (C=O) groups is 1. The Morgan fingerprint density at radius 2 is 2.00 bits per heavy atom. The first-order valence-electron chi connectivity index (χ1n) is 5.85. The minimum Gasteiger partial charge on any atom is -0.448 e. The van der Waals surface area contributed by atoms with E-state index in [0.29, 0.717) is 5.56 Å². The van der Waals surface area contributed by atoms with Crippen molar-refractivity contribution in [3.05, 3.63) is 56.9 Å². The normalized spacial score (nSPS) is 11.9. The number of carbonyl (C=O) groups excluding carboxylic acids is 1. The maximum Gasteiger partial charge on any atom is 0.376 e. The number of esters is 1. The molecule has 2 rings (SSSR count). The molecule has 0 amide bonds. The van der Waals surface area contributed by atoms with Crippen molar-refractivity contribution in [3.8, 4) is 11.3 Å². The maximum atomic E-state index is 11.9. The van der Waals surface area contributed by atoms with Crippen LogP contribution in [0.5, 0.6) is 0 Å². The quantitative estimate of drug-likeness (QED) is 0.773. The van der Waals surface area contributed by atoms with E-state index in [4.69, 9.17) is 9.15 Å². The van der Waals surface area contributed by atoms with Gasteiger partial charge in [-0.15, -0.1) is 0 Å². The fourth-order valence-electron chi connectivity index (χ4n) is 1.56. The minimum atomic E-state index is -1.29. The molecule has 21 heavy (non-hydrogen) atoms. The second-order valence-corrected chi connectivity index (χ2v) is 6.28. The lowest BCUT2D eigenvalue weighted by Gasteiger charge is -2.06. The molecule has 0 saturated carbocycles. The molecule has 0 radical (unpaired) electrons. The number of ether oxygens (including phenoxy) is 1. The van der Waals surface area contributed by atoms with Crippen LogP contribution in [0, 0.1) is 0 Å². The van der Waals surface area contributed by atoms with Crippen molar-refractivity contribution in [1.82, 2.24) is 0 Å². The number of hydrogen-bond donors (Lipinski definition) is 0. The fourth-order valence-corrected chi connectivity index (χ4v) is 2.19. The van der Waals surface area contributed by atoms with Crippen molar-refractivity contribution in [2.45, 2.75) is 0 Å². The Hall–Kier alpha value is -1.73. The molecule has 1 heterocycles. The van der Waals surface area contributed by atoms with E-state index >= 15 is 0 Å². The van der Waals surface area contributed by atoms with Crippen LogP contribution >= 0.6 is 15.9 Å². The highest BCUT2D eigenvalue weighted by Gasteiger charge is 2.20. The van der Waals surface area contributed by atoms with Gasteiger partial charge in [-0.2, -0.15) is 0 Å². The molecule has 7 heteroatoms. The Morgan fingerprint density at radius 3 is 2.62 bits per heavy atom. The summed E-state index contributed by atoms with van der Waals surface area (Å²) in [7, 11) is -1.29. The standard InChI is InChI=1S/C14H11BrO5S/c1-21(18)8-19-14(17)13-12(15)10(16)7-11(20-13)9-5-3-2-4-6-9/h2-7H,8H2,1H3. The van der Waals surface area contributed by atoms with E-state index in [1.54, 1.807) is 24.3 Å². The predicted molar refractivity (Wildman–Crippen MR) is 82.5 cm³/mol. The Balaban J connectivity index is 2.42. The molecular weight excluding hydrogens is 360 g/mol. The molecule has 0 saturated heterocycles. The molecule has 0 fully saturated rings. The Labute approximate surface area is 131 Å². The predicted octanol–water partition coefficient (Wildman–Crippen LogP) is 2.56. The Bertz CT molecular complexity index is 739. The van der Waals surface area contributed by atoms with E-state index in [-0.39, 0.29) is 21.9 Å². The highest BCUT2D eigenvalue weighted by atomic mass is 79.9. The molecule has 1 aromatic carbocycles. The number of benzene rings is 1. The lowest BCUT2D eigenvalue weighted by molar-refractivity contribution is 0.0536. The van der Waals surface area contributed by atoms with Crippen molar-refractivity contribution in [3.63, 3.8) is 0 Å². The van der Waals surface area contributed by atoms with Gasteiger partial charge in [-0.05, 0) is 15.9 Å². The Morgan fingerprint density at radius 1 is 1.33 bits per heavy atom. The van der Waals surface area contributed by atoms with Crippen LogP contribution in [0.2, 0.25) is 0 Å². The third-order valence-corrected chi connectivity index (χ3v) is 3.69. The first-order chi connectivity index (χ1) is 9.99. The van der Waals surface area contributed by atoms with Gasteiger partial charge in [0.1, 0.15) is 10.2 Å². The van der Waals surface area contributed by atoms with Crippen LogP contribution in [0.25, 0.3) is 11.3 Å². The van der Waals surface area contributed by atoms with Crippen LogP contribution in [-0.2, 0) is 15.5 Å². The average Bonchev–Trinajstić information content (AvgIpc) is 2.48. The molecule has 0 aliphatic rings. The van der Waals surface area contributed by atoms with Gasteiger partial charge in [-0.25, -0.2) is 4.79 Å². The van der Waals surface area contributed by atoms with Gasteiger partial charge in [0.2, 0.25) is 11.2 Å². The summed E-state index contributed by atoms with van der Waals surface area (Å²) in [6, 6.07) is 10.2. The third-order valence-electron chi connectivity index (χ3n) is 2.49. The summed E-state index contributed by atoms with van der Waals surface area (Å²) < 4.78 is 21.2. The average molecular weight is 371 g/mol. The molecule has 0 N–H and O–H groups in total. The molecule has 1 aromatic heterocycles. The zero-order valence-corrected chi connectivity index (χ0v) is 13.4. The Kier molecular flexibility index (Phi) is 5.08. The van der Waals surface area contributed by atoms with Gasteiger partial charge >= 0.3 is 5.97 Å². The van der Waals surface area contributed by atoms with Crippen LogP contribution in [0.15, 0.2) is 50.1 Å². The molecule has 0 aliphatic heterocycles. The highest BCUT2D eigenvalue weighted by Crippen LogP contribution is 2.23. The topological polar surface area (TPSA) is 73.6 Å². The zero-order chi connectivity index (χ0) is 15.4. The van der Waals surface area contributed by atoms with Crippen molar-refractivity contribution in [2.75, 3.05) is 12.2 Å². The van der Waals surface area contributed by atoms with Crippen molar-refractivity contribution in [1.29, 1.82) is 0 Å². The lowest BCUT2D eigenvalue weighted by atomic mass is 10.1. The molecule has 5 nitrogen and oxygen atoms in total. The third kappa shape index (κ3) is 3.89. The lowest BCUT2D eigenvalue weighted by Crippen LogP contribution is -2.14. The van der Waals surface area contributed by atoms with Crippen molar-refractivity contribution in [2.24, 2.45) is 0 Å². The summed E-state index contributed by atoms with van der Waals surface area (Å²) in [5.41, 5.74) is 0.264. The van der Waals surface area contributed by atoms with Gasteiger partial charge in [0, 0.05) is 17.9 Å². The van der Waals surface area contributed by atoms with E-state index < -0.39 is 22.2 Å². The highest BCUT2D eigenvalue weighted by molar-refractivity contribution is 9.10. The minimum absolute atomic E-state index is 0.0194. The van der Waals surface area contributed by atoms with Crippen molar-refractivity contribution >= 4 is 32.7 Å². The summed E-state index contributed by atoms with van der Waals surface area (Å²) in [6.07, 6.45) is 1.40. The maximum absolute atomic E-state index is 11.9. The number of hydrogen-bond acceptors (Lipinski definition) is 5. The van der Waals surface area contributed by atoms with Crippen LogP contribution < -0.4 is 5.43 Å². The molecular formula is C14H11BrO5S. The van der Waals surface area contributed by atoms with E-state index in [9.17, 15) is 13.8 Å². The summed E-state index contributed by atoms with van der Waals surface area (Å²) in [6.45, 7) is 0. The molecule has 2 aromatic rings. The van der Waals surface area contributed by atoms with Gasteiger partial charge < -0.3 is 9.15 Å². The van der Waals surface area contributed by atoms with E-state index in [1.807, 2.05) is 6.07 Å². The van der Waals surface area contributed by atoms with Crippen LogP contribution in [0.4, 0.5) is 0 Å². The second-order valence-electron chi connectivity index (χ2n) is 4.11. The van der Waals surface area contributed by atoms with E-state index in [2.05, 4.69) is 15.9 Å². The largest absolute Gasteiger partial charge is 0.448 e. The number of halogens is 1. The van der Waals surface area contributed by atoms with Crippen LogP contribution in [0.3, 0.4) is 0 Å². The summed E-state index contributed by atoms with van der Waals surface area (Å²) in [4.78, 5) is 23.8. The van der Waals surface area contributed by atoms with Gasteiger partial charge in [0.05, 0.1) is 10.8 Å². The van der Waals surface area contributed by atoms with Crippen molar-refractivity contribution < 1.29 is 18.2 Å². The molecule has 0 bridgehead atoms. The monoisotopic (exact) mass is 370 g/mol. The van der Waals surface area contributed by atoms with Gasteiger partial charge in [0.25, 0.3) is 0 Å². The molecule has 1 unspecified atom stereocenters. The molecule has 110 valence electrons.